The molecule has 3 aliphatic carbocycles. The summed E-state index contributed by atoms with van der Waals surface area (Å²) in [6.45, 7) is 12.4. The Morgan fingerprint density at radius 1 is 1.11 bits per heavy atom. The zero-order valence-electron chi connectivity index (χ0n) is 27.5. The van der Waals surface area contributed by atoms with Crippen LogP contribution in [-0.2, 0) is 33.9 Å². The number of esters is 1. The molecule has 0 unspecified atom stereocenters. The third-order valence-corrected chi connectivity index (χ3v) is 12.2. The van der Waals surface area contributed by atoms with Crippen LogP contribution >= 0.6 is 0 Å². The number of benzene rings is 2. The number of aliphatic hydroxyl groups is 2. The van der Waals surface area contributed by atoms with Crippen LogP contribution in [0.15, 0.2) is 67.4 Å². The van der Waals surface area contributed by atoms with Crippen LogP contribution in [0.25, 0.3) is 11.3 Å². The maximum Gasteiger partial charge on any atom is 0.328 e. The smallest absolute Gasteiger partial charge is 0.328 e. The zero-order chi connectivity index (χ0) is 32.9. The number of aromatic nitrogens is 3. The van der Waals surface area contributed by atoms with Gasteiger partial charge in [-0.25, -0.2) is 4.68 Å². The Hall–Kier alpha value is -3.62. The summed E-state index contributed by atoms with van der Waals surface area (Å²) >= 11 is 0. The van der Waals surface area contributed by atoms with E-state index >= 15 is 0 Å². The number of ether oxygens (including phenoxy) is 1. The van der Waals surface area contributed by atoms with Crippen LogP contribution in [0.3, 0.4) is 0 Å². The van der Waals surface area contributed by atoms with Crippen LogP contribution in [0.4, 0.5) is 0 Å². The highest BCUT2D eigenvalue weighted by Crippen LogP contribution is 2.68. The number of carbonyl (C=O) groups is 2. The summed E-state index contributed by atoms with van der Waals surface area (Å²) < 4.78 is 7.89. The number of Topliss-reactive ketones (excluding diaryl/α,β-unsaturated/α-hetero) is 1. The first-order chi connectivity index (χ1) is 21.9. The van der Waals surface area contributed by atoms with Gasteiger partial charge in [0.2, 0.25) is 0 Å². The van der Waals surface area contributed by atoms with Gasteiger partial charge in [0.05, 0.1) is 18.9 Å². The van der Waals surface area contributed by atoms with E-state index in [1.807, 2.05) is 49.4 Å². The topological polar surface area (TPSA) is 115 Å². The highest BCUT2D eigenvalue weighted by Gasteiger charge is 2.68. The lowest BCUT2D eigenvalue weighted by Gasteiger charge is -2.61. The Labute approximate surface area is 271 Å². The van der Waals surface area contributed by atoms with Gasteiger partial charge in [0.25, 0.3) is 0 Å². The Morgan fingerprint density at radius 2 is 1.83 bits per heavy atom. The molecule has 3 saturated carbocycles. The van der Waals surface area contributed by atoms with E-state index in [0.29, 0.717) is 25.0 Å². The van der Waals surface area contributed by atoms with E-state index in [1.165, 1.54) is 4.68 Å². The van der Waals surface area contributed by atoms with Crippen molar-refractivity contribution in [1.29, 1.82) is 0 Å². The largest absolute Gasteiger partial charge is 0.460 e. The van der Waals surface area contributed by atoms with Gasteiger partial charge in [-0.15, -0.1) is 11.7 Å². The number of nitrogens with zero attached hydrogens (tertiary/aromatic N) is 3. The van der Waals surface area contributed by atoms with Crippen LogP contribution in [0, 0.1) is 34.0 Å². The minimum Gasteiger partial charge on any atom is -0.460 e. The van der Waals surface area contributed by atoms with Gasteiger partial charge in [0.15, 0.2) is 0 Å². The molecular weight excluding hydrogens is 578 g/mol. The van der Waals surface area contributed by atoms with Crippen molar-refractivity contribution < 1.29 is 24.5 Å². The summed E-state index contributed by atoms with van der Waals surface area (Å²) in [6, 6.07) is 15.9. The first-order valence-corrected chi connectivity index (χ1v) is 16.7. The molecule has 2 N–H and O–H groups in total. The number of aliphatic hydroxyl groups excluding tert-OH is 2. The molecule has 8 heteroatoms. The average molecular weight is 626 g/mol. The molecule has 1 heterocycles. The molecule has 0 spiro atoms. The molecule has 6 rings (SSSR count). The van der Waals surface area contributed by atoms with Crippen LogP contribution in [-0.4, -0.2) is 49.2 Å². The fourth-order valence-corrected chi connectivity index (χ4v) is 9.25. The third kappa shape index (κ3) is 5.43. The second-order valence-corrected chi connectivity index (χ2v) is 14.7. The molecule has 0 radical (unpaired) electrons. The fourth-order valence-electron chi connectivity index (χ4n) is 9.25. The van der Waals surface area contributed by atoms with Crippen molar-refractivity contribution in [2.45, 2.75) is 91.6 Å². The van der Waals surface area contributed by atoms with E-state index in [-0.39, 0.29) is 42.1 Å². The van der Waals surface area contributed by atoms with Crippen molar-refractivity contribution >= 4 is 11.8 Å². The van der Waals surface area contributed by atoms with Gasteiger partial charge in [-0.2, -0.15) is 0 Å². The molecule has 8 atom stereocenters. The van der Waals surface area contributed by atoms with Crippen molar-refractivity contribution in [2.24, 2.45) is 34.0 Å². The normalized spacial score (nSPS) is 34.0. The standard InChI is InChI=1S/C38H47N3O5/c1-6-36(4)20-32(37(5)24(2)13-15-38(25(3)35(36)45)16-14-31(43)34(37)38)46-33(44)22-41-21-30(39-40-41)29-12-8-10-27(19-29)17-26-9-7-11-28(18-26)23-42/h6-12,18-19,21,24-25,32,34-35,42,45H,1,13-17,20,22-23H2,2-5H3/t24-,25+,32-,34+,35+,36-,37+,38+/m1/s1. The summed E-state index contributed by atoms with van der Waals surface area (Å²) in [4.78, 5) is 27.3. The van der Waals surface area contributed by atoms with E-state index in [9.17, 15) is 19.8 Å². The number of rotatable bonds is 8. The average Bonchev–Trinajstić information content (AvgIpc) is 3.66. The van der Waals surface area contributed by atoms with Crippen LogP contribution in [0.5, 0.6) is 0 Å². The SMILES string of the molecule is C=C[C@]1(C)C[C@@H](OC(=O)Cn2cc(-c3cccc(Cc4cccc(CO)c4)c3)nn2)[C@]2(C)[C@H](C)CC[C@]3(CCC(=O)[C@H]32)[C@@H](C)[C@@H]1O. The molecule has 2 bridgehead atoms. The van der Waals surface area contributed by atoms with Crippen molar-refractivity contribution in [1.82, 2.24) is 15.0 Å². The first-order valence-electron chi connectivity index (χ1n) is 16.7. The van der Waals surface area contributed by atoms with Gasteiger partial charge < -0.3 is 14.9 Å². The summed E-state index contributed by atoms with van der Waals surface area (Å²) in [5.41, 5.74) is 3.06. The van der Waals surface area contributed by atoms with Gasteiger partial charge in [-0.1, -0.05) is 81.4 Å². The van der Waals surface area contributed by atoms with Crippen molar-refractivity contribution in [2.75, 3.05) is 0 Å². The predicted molar refractivity (Wildman–Crippen MR) is 175 cm³/mol. The van der Waals surface area contributed by atoms with Gasteiger partial charge >= 0.3 is 5.97 Å². The summed E-state index contributed by atoms with van der Waals surface area (Å²) in [7, 11) is 0. The molecule has 8 nitrogen and oxygen atoms in total. The van der Waals surface area contributed by atoms with Crippen LogP contribution < -0.4 is 0 Å². The third-order valence-electron chi connectivity index (χ3n) is 12.2. The molecule has 3 aromatic rings. The highest BCUT2D eigenvalue weighted by atomic mass is 16.5. The van der Waals surface area contributed by atoms with E-state index in [4.69, 9.17) is 4.74 Å². The molecule has 0 saturated heterocycles. The number of ketones is 1. The quantitative estimate of drug-likeness (QED) is 0.235. The Morgan fingerprint density at radius 3 is 2.57 bits per heavy atom. The molecule has 0 amide bonds. The monoisotopic (exact) mass is 625 g/mol. The minimum absolute atomic E-state index is 0.00659. The maximum atomic E-state index is 13.7. The highest BCUT2D eigenvalue weighted by molar-refractivity contribution is 5.85. The van der Waals surface area contributed by atoms with Gasteiger partial charge in [0.1, 0.15) is 24.1 Å². The van der Waals surface area contributed by atoms with Crippen molar-refractivity contribution in [3.8, 4) is 11.3 Å². The molecule has 3 fully saturated rings. The Bertz CT molecular complexity index is 1630. The van der Waals surface area contributed by atoms with Crippen LogP contribution in [0.2, 0.25) is 0 Å². The first kappa shape index (κ1) is 32.3. The Balaban J connectivity index is 1.23. The maximum absolute atomic E-state index is 13.7. The molecule has 2 aromatic carbocycles. The molecule has 0 aliphatic heterocycles. The summed E-state index contributed by atoms with van der Waals surface area (Å²) in [5, 5.41) is 29.8. The Kier molecular flexibility index (Phi) is 8.57. The molecule has 46 heavy (non-hydrogen) atoms. The van der Waals surface area contributed by atoms with Gasteiger partial charge in [-0.3, -0.25) is 9.59 Å². The van der Waals surface area contributed by atoms with E-state index in [0.717, 1.165) is 41.5 Å². The van der Waals surface area contributed by atoms with E-state index < -0.39 is 29.0 Å². The molecule has 244 valence electrons. The number of hydrogen-bond acceptors (Lipinski definition) is 7. The van der Waals surface area contributed by atoms with Gasteiger partial charge in [0, 0.05) is 28.7 Å². The number of carbonyl (C=O) groups excluding carboxylic acids is 2. The molecular formula is C38H47N3O5. The second kappa shape index (κ2) is 12.2. The van der Waals surface area contributed by atoms with Crippen molar-refractivity contribution in [3.05, 3.63) is 84.1 Å². The number of hydrogen-bond donors (Lipinski definition) is 2. The second-order valence-electron chi connectivity index (χ2n) is 14.7. The van der Waals surface area contributed by atoms with E-state index in [1.54, 1.807) is 6.20 Å². The van der Waals surface area contributed by atoms with Gasteiger partial charge in [-0.05, 0) is 72.1 Å². The van der Waals surface area contributed by atoms with Crippen LogP contribution in [0.1, 0.15) is 76.5 Å². The van der Waals surface area contributed by atoms with E-state index in [2.05, 4.69) is 49.8 Å². The lowest BCUT2D eigenvalue weighted by Crippen LogP contribution is -2.63. The minimum atomic E-state index is -0.704. The predicted octanol–water partition coefficient (Wildman–Crippen LogP) is 5.93. The summed E-state index contributed by atoms with van der Waals surface area (Å²) in [5.74, 6) is -0.382. The lowest BCUT2D eigenvalue weighted by atomic mass is 9.44. The summed E-state index contributed by atoms with van der Waals surface area (Å²) in [6.07, 6.45) is 6.48. The fraction of sp³-hybridized carbons (Fsp3) is 0.526. The van der Waals surface area contributed by atoms with Crippen molar-refractivity contribution in [3.63, 3.8) is 0 Å². The lowest BCUT2D eigenvalue weighted by molar-refractivity contribution is -0.207. The molecule has 3 aliphatic rings. The zero-order valence-corrected chi connectivity index (χ0v) is 27.5. The molecule has 1 aromatic heterocycles.